The molecule has 2 aliphatic carbocycles. The third-order valence-corrected chi connectivity index (χ3v) is 6.26. The van der Waals surface area contributed by atoms with Gasteiger partial charge in [0.1, 0.15) is 11.8 Å². The van der Waals surface area contributed by atoms with E-state index in [1.165, 1.54) is 32.1 Å². The van der Waals surface area contributed by atoms with Crippen LogP contribution < -0.4 is 0 Å². The van der Waals surface area contributed by atoms with Gasteiger partial charge in [0.05, 0.1) is 12.3 Å². The first kappa shape index (κ1) is 16.7. The van der Waals surface area contributed by atoms with Crippen molar-refractivity contribution in [2.45, 2.75) is 50.5 Å². The lowest BCUT2D eigenvalue weighted by Gasteiger charge is -2.40. The van der Waals surface area contributed by atoms with Crippen LogP contribution in [-0.4, -0.2) is 47.9 Å². The highest BCUT2D eigenvalue weighted by Gasteiger charge is 2.48. The third-order valence-electron chi connectivity index (χ3n) is 6.26. The number of furan rings is 1. The Balaban J connectivity index is 1.29. The van der Waals surface area contributed by atoms with Crippen molar-refractivity contribution in [1.82, 2.24) is 9.80 Å². The average Bonchev–Trinajstić information content (AvgIpc) is 3.28. The van der Waals surface area contributed by atoms with E-state index in [2.05, 4.69) is 11.0 Å². The highest BCUT2D eigenvalue weighted by Crippen LogP contribution is 2.48. The molecule has 1 aromatic heterocycles. The van der Waals surface area contributed by atoms with Gasteiger partial charge in [0.15, 0.2) is 0 Å². The smallest absolute Gasteiger partial charge is 0.226 e. The van der Waals surface area contributed by atoms with Crippen molar-refractivity contribution < 1.29 is 9.21 Å². The van der Waals surface area contributed by atoms with E-state index in [0.29, 0.717) is 5.92 Å². The second kappa shape index (κ2) is 7.21. The summed E-state index contributed by atoms with van der Waals surface area (Å²) in [6, 6.07) is 6.45. The second-order valence-electron chi connectivity index (χ2n) is 7.80. The molecule has 3 aliphatic rings. The fourth-order valence-corrected chi connectivity index (χ4v) is 4.67. The Labute approximate surface area is 149 Å². The van der Waals surface area contributed by atoms with E-state index in [1.807, 2.05) is 17.0 Å². The van der Waals surface area contributed by atoms with Gasteiger partial charge in [-0.15, -0.1) is 0 Å². The first-order valence-electron chi connectivity index (χ1n) is 9.74. The fraction of sp³-hybridized carbons (Fsp3) is 0.700. The Kier molecular flexibility index (Phi) is 4.80. The summed E-state index contributed by atoms with van der Waals surface area (Å²) in [5, 5.41) is 9.66. The number of amides is 1. The van der Waals surface area contributed by atoms with Gasteiger partial charge in [-0.1, -0.05) is 19.3 Å². The molecular formula is C20H27N3O2. The van der Waals surface area contributed by atoms with Crippen LogP contribution in [0.2, 0.25) is 0 Å². The van der Waals surface area contributed by atoms with Crippen molar-refractivity contribution in [2.75, 3.05) is 26.2 Å². The lowest BCUT2D eigenvalue weighted by molar-refractivity contribution is -0.134. The summed E-state index contributed by atoms with van der Waals surface area (Å²) >= 11 is 0. The molecule has 5 heteroatoms. The van der Waals surface area contributed by atoms with E-state index in [-0.39, 0.29) is 23.8 Å². The van der Waals surface area contributed by atoms with Gasteiger partial charge in [0.2, 0.25) is 5.91 Å². The molecule has 134 valence electrons. The molecule has 4 rings (SSSR count). The summed E-state index contributed by atoms with van der Waals surface area (Å²) < 4.78 is 5.44. The van der Waals surface area contributed by atoms with Crippen LogP contribution in [0.25, 0.3) is 0 Å². The molecule has 0 aromatic carbocycles. The molecule has 0 bridgehead atoms. The number of nitrogens with zero attached hydrogens (tertiary/aromatic N) is 3. The largest absolute Gasteiger partial charge is 0.469 e. The molecule has 2 heterocycles. The summed E-state index contributed by atoms with van der Waals surface area (Å²) in [4.78, 5) is 17.0. The Hall–Kier alpha value is -1.80. The lowest BCUT2D eigenvalue weighted by atomic mass is 9.83. The van der Waals surface area contributed by atoms with Crippen molar-refractivity contribution >= 4 is 5.91 Å². The molecule has 1 aliphatic heterocycles. The lowest BCUT2D eigenvalue weighted by Crippen LogP contribution is -2.53. The monoisotopic (exact) mass is 341 g/mol. The molecule has 5 nitrogen and oxygen atoms in total. The molecule has 0 unspecified atom stereocenters. The molecule has 1 aromatic rings. The number of carbonyl (C=O) groups is 1. The van der Waals surface area contributed by atoms with Crippen LogP contribution in [0, 0.1) is 23.2 Å². The van der Waals surface area contributed by atoms with Crippen LogP contribution in [0.4, 0.5) is 0 Å². The van der Waals surface area contributed by atoms with Crippen LogP contribution >= 0.6 is 0 Å². The average molecular weight is 341 g/mol. The number of rotatable bonds is 4. The van der Waals surface area contributed by atoms with Crippen LogP contribution in [-0.2, 0) is 4.79 Å². The van der Waals surface area contributed by atoms with Crippen molar-refractivity contribution in [2.24, 2.45) is 11.8 Å². The van der Waals surface area contributed by atoms with Crippen LogP contribution in [0.15, 0.2) is 22.8 Å². The van der Waals surface area contributed by atoms with E-state index < -0.39 is 0 Å². The molecule has 0 spiro atoms. The minimum atomic E-state index is 0.0364. The van der Waals surface area contributed by atoms with Crippen LogP contribution in [0.3, 0.4) is 0 Å². The van der Waals surface area contributed by atoms with Crippen molar-refractivity contribution in [3.8, 4) is 6.07 Å². The summed E-state index contributed by atoms with van der Waals surface area (Å²) in [6.07, 6.45) is 8.80. The SMILES string of the molecule is N#C[C@H](C1CCCCC1)N1CCN(C(=O)[C@H]2C[C@H]2c2ccco2)CC1. The highest BCUT2D eigenvalue weighted by molar-refractivity contribution is 5.83. The van der Waals surface area contributed by atoms with Gasteiger partial charge in [-0.2, -0.15) is 5.26 Å². The molecule has 3 atom stereocenters. The normalized spacial score (nSPS) is 29.2. The quantitative estimate of drug-likeness (QED) is 0.845. The van der Waals surface area contributed by atoms with E-state index in [0.717, 1.165) is 38.4 Å². The first-order valence-corrected chi connectivity index (χ1v) is 9.74. The molecule has 25 heavy (non-hydrogen) atoms. The second-order valence-corrected chi connectivity index (χ2v) is 7.80. The standard InChI is InChI=1S/C20H27N3O2/c21-14-18(15-5-2-1-3-6-15)22-8-10-23(11-9-22)20(24)17-13-16(17)19-7-4-12-25-19/h4,7,12,15-18H,1-3,5-6,8-11,13H2/t16-,17+,18-/m1/s1. The van der Waals surface area contributed by atoms with Gasteiger partial charge < -0.3 is 9.32 Å². The van der Waals surface area contributed by atoms with E-state index in [9.17, 15) is 10.1 Å². The molecule has 3 fully saturated rings. The van der Waals surface area contributed by atoms with Gasteiger partial charge in [-0.25, -0.2) is 0 Å². The summed E-state index contributed by atoms with van der Waals surface area (Å²) in [6.45, 7) is 3.17. The predicted molar refractivity (Wildman–Crippen MR) is 93.7 cm³/mol. The van der Waals surface area contributed by atoms with Gasteiger partial charge >= 0.3 is 0 Å². The zero-order chi connectivity index (χ0) is 17.2. The Morgan fingerprint density at radius 3 is 2.60 bits per heavy atom. The minimum Gasteiger partial charge on any atom is -0.469 e. The Morgan fingerprint density at radius 2 is 1.96 bits per heavy atom. The van der Waals surface area contributed by atoms with Gasteiger partial charge in [0, 0.05) is 38.0 Å². The molecule has 1 amide bonds. The maximum atomic E-state index is 12.7. The maximum Gasteiger partial charge on any atom is 0.226 e. The van der Waals surface area contributed by atoms with Crippen molar-refractivity contribution in [1.29, 1.82) is 5.26 Å². The van der Waals surface area contributed by atoms with E-state index in [4.69, 9.17) is 4.42 Å². The zero-order valence-electron chi connectivity index (χ0n) is 14.8. The molecule has 0 radical (unpaired) electrons. The Morgan fingerprint density at radius 1 is 1.20 bits per heavy atom. The third kappa shape index (κ3) is 3.46. The van der Waals surface area contributed by atoms with Crippen molar-refractivity contribution in [3.05, 3.63) is 24.2 Å². The number of piperazine rings is 1. The maximum absolute atomic E-state index is 12.7. The number of carbonyl (C=O) groups excluding carboxylic acids is 1. The summed E-state index contributed by atoms with van der Waals surface area (Å²) in [7, 11) is 0. The van der Waals surface area contributed by atoms with E-state index >= 15 is 0 Å². The molecule has 2 saturated carbocycles. The topological polar surface area (TPSA) is 60.5 Å². The Bertz CT molecular complexity index is 622. The summed E-state index contributed by atoms with van der Waals surface area (Å²) in [5.41, 5.74) is 0. The molecular weight excluding hydrogens is 314 g/mol. The summed E-state index contributed by atoms with van der Waals surface area (Å²) in [5.74, 6) is 2.11. The van der Waals surface area contributed by atoms with Crippen LogP contribution in [0.5, 0.6) is 0 Å². The minimum absolute atomic E-state index is 0.0364. The number of nitriles is 1. The predicted octanol–water partition coefficient (Wildman–Crippen LogP) is 3.00. The highest BCUT2D eigenvalue weighted by atomic mass is 16.3. The first-order chi connectivity index (χ1) is 12.3. The van der Waals surface area contributed by atoms with Crippen molar-refractivity contribution in [3.63, 3.8) is 0 Å². The number of hydrogen-bond donors (Lipinski definition) is 0. The van der Waals surface area contributed by atoms with E-state index in [1.54, 1.807) is 6.26 Å². The van der Waals surface area contributed by atoms with Gasteiger partial charge in [-0.3, -0.25) is 9.69 Å². The molecule has 1 saturated heterocycles. The van der Waals surface area contributed by atoms with Gasteiger partial charge in [0.25, 0.3) is 0 Å². The van der Waals surface area contributed by atoms with Gasteiger partial charge in [-0.05, 0) is 37.3 Å². The van der Waals surface area contributed by atoms with Crippen LogP contribution in [0.1, 0.15) is 50.2 Å². The molecule has 0 N–H and O–H groups in total. The number of hydrogen-bond acceptors (Lipinski definition) is 4. The fourth-order valence-electron chi connectivity index (χ4n) is 4.67. The zero-order valence-corrected chi connectivity index (χ0v) is 14.8.